The molecule has 0 spiro atoms. The fraction of sp³-hybridized carbons (Fsp3) is 0.478. The van der Waals surface area contributed by atoms with Gasteiger partial charge >= 0.3 is 0 Å². The van der Waals surface area contributed by atoms with Gasteiger partial charge in [0.1, 0.15) is 14.8 Å². The Bertz CT molecular complexity index is 1250. The van der Waals surface area contributed by atoms with Gasteiger partial charge in [-0.05, 0) is 54.5 Å². The van der Waals surface area contributed by atoms with Crippen molar-refractivity contribution < 1.29 is 19.2 Å². The van der Waals surface area contributed by atoms with E-state index >= 15 is 0 Å². The van der Waals surface area contributed by atoms with Crippen LogP contribution in [0.2, 0.25) is 0 Å². The number of benzene rings is 1. The van der Waals surface area contributed by atoms with E-state index in [1.165, 1.54) is 13.8 Å². The Hall–Kier alpha value is -2.83. The number of carbonyl (C=O) groups excluding carboxylic acids is 1. The molecule has 1 amide bonds. The smallest absolute Gasteiger partial charge is 0.259 e. The third-order valence-corrected chi connectivity index (χ3v) is 8.72. The van der Waals surface area contributed by atoms with Crippen LogP contribution in [0.3, 0.4) is 0 Å². The van der Waals surface area contributed by atoms with Gasteiger partial charge in [0.05, 0.1) is 30.4 Å². The third-order valence-electron chi connectivity index (χ3n) is 5.02. The van der Waals surface area contributed by atoms with Gasteiger partial charge in [0, 0.05) is 0 Å². The van der Waals surface area contributed by atoms with E-state index in [0.717, 1.165) is 22.5 Å². The number of nitrogens with zero attached hydrogens (tertiary/aromatic N) is 4. The van der Waals surface area contributed by atoms with Crippen LogP contribution in [-0.2, 0) is 33.3 Å². The van der Waals surface area contributed by atoms with Gasteiger partial charge in [0.25, 0.3) is 5.91 Å². The molecule has 3 N–H and O–H groups in total. The zero-order valence-corrected chi connectivity index (χ0v) is 21.7. The first kappa shape index (κ1) is 27.4. The van der Waals surface area contributed by atoms with Gasteiger partial charge in [-0.3, -0.25) is 4.79 Å². The average molecular weight is 504 g/mol. The first-order valence-electron chi connectivity index (χ1n) is 10.6. The highest BCUT2D eigenvalue weighted by Crippen LogP contribution is 2.33. The molecular formula is C23H29N5O4S2. The second-order valence-corrected chi connectivity index (χ2v) is 12.0. The van der Waals surface area contributed by atoms with E-state index < -0.39 is 28.0 Å². The number of aliphatic hydroxyl groups is 2. The van der Waals surface area contributed by atoms with Crippen LogP contribution in [0.1, 0.15) is 86.3 Å². The first-order valence-corrected chi connectivity index (χ1v) is 13.0. The summed E-state index contributed by atoms with van der Waals surface area (Å²) in [4.78, 5) is 17.2. The highest BCUT2D eigenvalue weighted by molar-refractivity contribution is 7.94. The Labute approximate surface area is 204 Å². The zero-order valence-electron chi connectivity index (χ0n) is 20.0. The van der Waals surface area contributed by atoms with Crippen LogP contribution >= 0.6 is 11.3 Å². The molecule has 1 heterocycles. The van der Waals surface area contributed by atoms with Crippen molar-refractivity contribution in [3.63, 3.8) is 0 Å². The number of nitrogens with one attached hydrogen (secondary N) is 1. The summed E-state index contributed by atoms with van der Waals surface area (Å²) < 4.78 is 19.6. The van der Waals surface area contributed by atoms with E-state index in [9.17, 15) is 29.7 Å². The number of thiazole rings is 1. The molecule has 1 atom stereocenters. The molecule has 2 aromatic rings. The molecule has 182 valence electrons. The lowest BCUT2D eigenvalue weighted by molar-refractivity contribution is -0.117. The number of hydrogen-bond acceptors (Lipinski definition) is 8. The van der Waals surface area contributed by atoms with Crippen LogP contribution in [0.4, 0.5) is 0 Å². The number of rotatable bonds is 8. The lowest BCUT2D eigenvalue weighted by Gasteiger charge is -2.19. The molecule has 1 aromatic heterocycles. The van der Waals surface area contributed by atoms with Crippen LogP contribution in [0.5, 0.6) is 0 Å². The Morgan fingerprint density at radius 3 is 2.21 bits per heavy atom. The molecule has 0 aliphatic rings. The number of hydrogen-bond donors (Lipinski definition) is 3. The van der Waals surface area contributed by atoms with Crippen molar-refractivity contribution in [2.75, 3.05) is 0 Å². The van der Waals surface area contributed by atoms with Crippen LogP contribution in [0.25, 0.3) is 0 Å². The molecule has 1 aromatic carbocycles. The summed E-state index contributed by atoms with van der Waals surface area (Å²) in [6.07, 6.45) is 1.40. The molecule has 1 unspecified atom stereocenters. The van der Waals surface area contributed by atoms with E-state index in [1.54, 1.807) is 18.3 Å². The molecule has 0 bridgehead atoms. The van der Waals surface area contributed by atoms with Crippen molar-refractivity contribution >= 4 is 27.2 Å². The van der Waals surface area contributed by atoms with Gasteiger partial charge in [-0.2, -0.15) is 10.5 Å². The molecule has 0 aliphatic heterocycles. The predicted octanol–water partition coefficient (Wildman–Crippen LogP) is 3.56. The molecule has 0 fully saturated rings. The summed E-state index contributed by atoms with van der Waals surface area (Å²) >= 11 is 0.815. The molecule has 34 heavy (non-hydrogen) atoms. The summed E-state index contributed by atoms with van der Waals surface area (Å²) in [5.74, 6) is -0.692. The van der Waals surface area contributed by atoms with Crippen LogP contribution in [-0.4, -0.2) is 25.3 Å². The van der Waals surface area contributed by atoms with Crippen molar-refractivity contribution in [3.8, 4) is 12.3 Å². The van der Waals surface area contributed by atoms with Gasteiger partial charge in [-0.1, -0.05) is 27.7 Å². The van der Waals surface area contributed by atoms with Crippen molar-refractivity contribution in [1.29, 1.82) is 10.5 Å². The Balaban J connectivity index is 2.67. The topological polar surface area (TPSA) is 159 Å². The van der Waals surface area contributed by atoms with E-state index in [4.69, 9.17) is 0 Å². The molecule has 0 radical (unpaired) electrons. The van der Waals surface area contributed by atoms with Crippen LogP contribution < -0.4 is 4.72 Å². The maximum Gasteiger partial charge on any atom is 0.259 e. The highest BCUT2D eigenvalue weighted by atomic mass is 32.2. The summed E-state index contributed by atoms with van der Waals surface area (Å²) in [6.45, 7) is 10.2. The van der Waals surface area contributed by atoms with Crippen molar-refractivity contribution in [3.05, 3.63) is 45.1 Å². The van der Waals surface area contributed by atoms with E-state index in [2.05, 4.69) is 20.1 Å². The quantitative estimate of drug-likeness (QED) is 0.367. The van der Waals surface area contributed by atoms with Crippen molar-refractivity contribution in [2.24, 2.45) is 4.36 Å². The number of aromatic nitrogens is 1. The van der Waals surface area contributed by atoms with E-state index in [-0.39, 0.29) is 33.2 Å². The number of carbonyl (C=O) groups is 1. The maximum absolute atomic E-state index is 13.7. The van der Waals surface area contributed by atoms with E-state index in [1.807, 2.05) is 27.7 Å². The maximum atomic E-state index is 13.7. The lowest BCUT2D eigenvalue weighted by Crippen LogP contribution is -2.21. The SMILES string of the molecule is CC(C)c1cc(C#N)cc(C(C)C)c1CC(=O)N=S(=O)(NC#N)c1sc(C(C)(C)O)nc1CO. The van der Waals surface area contributed by atoms with Crippen LogP contribution in [0.15, 0.2) is 20.7 Å². The molecule has 0 saturated carbocycles. The monoisotopic (exact) mass is 503 g/mol. The molecule has 0 aliphatic carbocycles. The second kappa shape index (κ2) is 10.6. The van der Waals surface area contributed by atoms with Crippen molar-refractivity contribution in [2.45, 2.75) is 76.2 Å². The minimum absolute atomic E-state index is 0.0204. The minimum Gasteiger partial charge on any atom is -0.390 e. The fourth-order valence-corrected chi connectivity index (χ4v) is 6.29. The normalized spacial score (nSPS) is 13.3. The minimum atomic E-state index is -3.80. The summed E-state index contributed by atoms with van der Waals surface area (Å²) in [6, 6.07) is 5.64. The van der Waals surface area contributed by atoms with Gasteiger partial charge in [-0.15, -0.1) is 15.7 Å². The molecule has 9 nitrogen and oxygen atoms in total. The zero-order chi connectivity index (χ0) is 25.8. The predicted molar refractivity (Wildman–Crippen MR) is 129 cm³/mol. The average Bonchev–Trinajstić information content (AvgIpc) is 3.19. The number of amides is 1. The molecule has 0 saturated heterocycles. The van der Waals surface area contributed by atoms with Gasteiger partial charge in [-0.25, -0.2) is 13.9 Å². The van der Waals surface area contributed by atoms with Gasteiger partial charge in [0.15, 0.2) is 16.1 Å². The fourth-order valence-electron chi connectivity index (χ4n) is 3.43. The second-order valence-electron chi connectivity index (χ2n) is 8.93. The summed E-state index contributed by atoms with van der Waals surface area (Å²) in [5, 5.41) is 38.8. The van der Waals surface area contributed by atoms with E-state index in [0.29, 0.717) is 11.1 Å². The summed E-state index contributed by atoms with van der Waals surface area (Å²) in [7, 11) is -3.80. The lowest BCUT2D eigenvalue weighted by atomic mass is 9.85. The molecular weight excluding hydrogens is 474 g/mol. The van der Waals surface area contributed by atoms with Crippen LogP contribution in [0, 0.1) is 22.8 Å². The van der Waals surface area contributed by atoms with Crippen molar-refractivity contribution in [1.82, 2.24) is 9.71 Å². The molecule has 11 heteroatoms. The third kappa shape index (κ3) is 5.99. The number of aliphatic hydroxyl groups excluding tert-OH is 1. The standard InChI is InChI=1S/C23H29N5O4S2/c1-13(2)16-7-15(10-24)8-17(14(3)4)18(16)9-20(30)28-34(32,26-12-25)21-19(11-29)27-22(33-21)23(5,6)31/h7-8,13-14,29,31H,9,11H2,1-6H3,(H,26,28,30,32). The Kier molecular flexibility index (Phi) is 8.56. The summed E-state index contributed by atoms with van der Waals surface area (Å²) in [5.41, 5.74) is 1.43. The molecule has 2 rings (SSSR count). The highest BCUT2D eigenvalue weighted by Gasteiger charge is 2.29. The number of nitriles is 2. The first-order chi connectivity index (χ1) is 15.8. The Morgan fingerprint density at radius 1 is 1.24 bits per heavy atom. The van der Waals surface area contributed by atoms with Gasteiger partial charge < -0.3 is 10.2 Å². The largest absolute Gasteiger partial charge is 0.390 e. The Morgan fingerprint density at radius 2 is 1.79 bits per heavy atom. The van der Waals surface area contributed by atoms with Gasteiger partial charge in [0.2, 0.25) is 0 Å².